The first kappa shape index (κ1) is 74.3. The Kier molecular flexibility index (Phi) is 62.7. The Morgan fingerprint density at radius 1 is 0.269 bits per heavy atom. The Morgan fingerprint density at radius 3 is 0.782 bits per heavy atom. The van der Waals surface area contributed by atoms with Crippen LogP contribution >= 0.6 is 0 Å². The monoisotopic (exact) mass is 1080 g/mol. The second-order valence-electron chi connectivity index (χ2n) is 22.0. The maximum atomic E-state index is 12.9. The van der Waals surface area contributed by atoms with Crippen LogP contribution in [0.1, 0.15) is 323 Å². The van der Waals surface area contributed by atoms with E-state index < -0.39 is 6.10 Å². The summed E-state index contributed by atoms with van der Waals surface area (Å²) in [7, 11) is 0. The summed E-state index contributed by atoms with van der Waals surface area (Å²) in [4.78, 5) is 38.4. The lowest BCUT2D eigenvalue weighted by molar-refractivity contribution is -0.167. The van der Waals surface area contributed by atoms with Gasteiger partial charge in [0.1, 0.15) is 13.2 Å². The molecule has 0 fully saturated rings. The maximum Gasteiger partial charge on any atom is 0.306 e. The molecule has 6 heteroatoms. The summed E-state index contributed by atoms with van der Waals surface area (Å²) in [5.74, 6) is -0.880. The van der Waals surface area contributed by atoms with Crippen molar-refractivity contribution in [2.45, 2.75) is 329 Å². The van der Waals surface area contributed by atoms with E-state index >= 15 is 0 Å². The van der Waals surface area contributed by atoms with Gasteiger partial charge in [0.25, 0.3) is 0 Å². The second kappa shape index (κ2) is 65.8. The molecule has 0 saturated carbocycles. The number of allylic oxidation sites excluding steroid dienone is 16. The lowest BCUT2D eigenvalue weighted by atomic mass is 10.0. The van der Waals surface area contributed by atoms with Gasteiger partial charge in [0.15, 0.2) is 6.10 Å². The van der Waals surface area contributed by atoms with Gasteiger partial charge in [0.05, 0.1) is 0 Å². The van der Waals surface area contributed by atoms with Crippen LogP contribution in [0.2, 0.25) is 0 Å². The van der Waals surface area contributed by atoms with Crippen LogP contribution in [0.3, 0.4) is 0 Å². The van der Waals surface area contributed by atoms with Crippen molar-refractivity contribution in [3.63, 3.8) is 0 Å². The van der Waals surface area contributed by atoms with Gasteiger partial charge in [-0.05, 0) is 96.3 Å². The van der Waals surface area contributed by atoms with Crippen LogP contribution in [0.4, 0.5) is 0 Å². The molecule has 78 heavy (non-hydrogen) atoms. The van der Waals surface area contributed by atoms with E-state index in [1.54, 1.807) is 0 Å². The third-order valence-electron chi connectivity index (χ3n) is 14.3. The van der Waals surface area contributed by atoms with Crippen LogP contribution in [0.25, 0.3) is 0 Å². The van der Waals surface area contributed by atoms with Gasteiger partial charge in [-0.1, -0.05) is 304 Å². The number of hydrogen-bond acceptors (Lipinski definition) is 6. The Bertz CT molecular complexity index is 1530. The van der Waals surface area contributed by atoms with Gasteiger partial charge < -0.3 is 14.2 Å². The summed E-state index contributed by atoms with van der Waals surface area (Å²) in [5.41, 5.74) is 0. The number of ether oxygens (including phenoxy) is 3. The molecule has 0 bridgehead atoms. The molecular weight excluding hydrogens is 961 g/mol. The largest absolute Gasteiger partial charge is 0.462 e. The van der Waals surface area contributed by atoms with Gasteiger partial charge in [0.2, 0.25) is 0 Å². The third kappa shape index (κ3) is 63.2. The SMILES string of the molecule is CC/C=C\C/C=C\C/C=C\C/C=C\CCCCCCCCCCCCCCCCC(=O)OCC(COC(=O)CCCCCCCCCCCCCCCC)OC(=O)CCCCCCCC/C=C\C/C=C\C/C=C\C/C=C\CC. The third-order valence-corrected chi connectivity index (χ3v) is 14.3. The molecule has 448 valence electrons. The second-order valence-corrected chi connectivity index (χ2v) is 22.0. The Morgan fingerprint density at radius 2 is 0.500 bits per heavy atom. The van der Waals surface area contributed by atoms with E-state index in [4.69, 9.17) is 14.2 Å². The molecule has 0 radical (unpaired) electrons. The molecule has 1 unspecified atom stereocenters. The number of esters is 3. The zero-order chi connectivity index (χ0) is 56.4. The predicted octanol–water partition coefficient (Wildman–Crippen LogP) is 22.8. The molecule has 0 aromatic rings. The van der Waals surface area contributed by atoms with Gasteiger partial charge in [-0.15, -0.1) is 0 Å². The molecule has 0 aromatic carbocycles. The highest BCUT2D eigenvalue weighted by Crippen LogP contribution is 2.17. The van der Waals surface area contributed by atoms with Crippen LogP contribution in [0, 0.1) is 0 Å². The standard InChI is InChI=1S/C72H124O6/c1-4-7-10-13-16-19-22-25-28-30-32-33-34-35-36-37-38-39-41-42-44-47-50-53-56-59-62-65-71(74)77-68-69(67-76-70(73)64-61-58-55-52-49-46-27-24-21-18-15-12-9-6-3)78-72(75)66-63-60-57-54-51-48-45-43-40-31-29-26-23-20-17-14-11-8-5-2/h7-8,10-11,16-17,19-20,25-26,28-29,32-33,40,43,69H,4-6,9,12-15,18,21-24,27,30-31,34-39,41-42,44-68H2,1-3H3/b10-7-,11-8-,19-16-,20-17-,28-25-,29-26-,33-32-,43-40-. The average Bonchev–Trinajstić information content (AvgIpc) is 3.44. The van der Waals surface area contributed by atoms with Crippen LogP contribution < -0.4 is 0 Å². The van der Waals surface area contributed by atoms with Crippen LogP contribution in [-0.2, 0) is 28.6 Å². The van der Waals surface area contributed by atoms with E-state index in [9.17, 15) is 14.4 Å². The number of rotatable bonds is 60. The zero-order valence-electron chi connectivity index (χ0n) is 51.4. The maximum absolute atomic E-state index is 12.9. The Hall–Kier alpha value is -3.67. The zero-order valence-corrected chi connectivity index (χ0v) is 51.4. The van der Waals surface area contributed by atoms with E-state index in [1.165, 1.54) is 161 Å². The van der Waals surface area contributed by atoms with Gasteiger partial charge in [-0.2, -0.15) is 0 Å². The topological polar surface area (TPSA) is 78.9 Å². The van der Waals surface area contributed by atoms with Crippen molar-refractivity contribution in [3.8, 4) is 0 Å². The molecule has 0 amide bonds. The summed E-state index contributed by atoms with van der Waals surface area (Å²) >= 11 is 0. The number of carbonyl (C=O) groups excluding carboxylic acids is 3. The molecule has 0 saturated heterocycles. The Labute approximate surface area is 483 Å². The number of unbranched alkanes of at least 4 members (excludes halogenated alkanes) is 33. The van der Waals surface area contributed by atoms with Gasteiger partial charge >= 0.3 is 17.9 Å². The fourth-order valence-corrected chi connectivity index (χ4v) is 9.43. The molecule has 0 rings (SSSR count). The molecule has 0 N–H and O–H groups in total. The van der Waals surface area contributed by atoms with E-state index in [0.717, 1.165) is 122 Å². The van der Waals surface area contributed by atoms with Crippen molar-refractivity contribution in [3.05, 3.63) is 97.2 Å². The lowest BCUT2D eigenvalue weighted by Crippen LogP contribution is -2.30. The van der Waals surface area contributed by atoms with Gasteiger partial charge in [-0.25, -0.2) is 0 Å². The van der Waals surface area contributed by atoms with Crippen LogP contribution in [0.5, 0.6) is 0 Å². The minimum absolute atomic E-state index is 0.0799. The lowest BCUT2D eigenvalue weighted by Gasteiger charge is -2.18. The van der Waals surface area contributed by atoms with Gasteiger partial charge in [-0.3, -0.25) is 14.4 Å². The van der Waals surface area contributed by atoms with E-state index in [-0.39, 0.29) is 31.1 Å². The molecule has 0 aliphatic heterocycles. The van der Waals surface area contributed by atoms with E-state index in [1.807, 2.05) is 0 Å². The first-order chi connectivity index (χ1) is 38.5. The molecule has 6 nitrogen and oxygen atoms in total. The quantitative estimate of drug-likeness (QED) is 0.0261. The molecule has 1 atom stereocenters. The molecule has 0 heterocycles. The normalized spacial score (nSPS) is 12.7. The summed E-state index contributed by atoms with van der Waals surface area (Å²) in [6.07, 6.45) is 88.5. The highest BCUT2D eigenvalue weighted by Gasteiger charge is 2.19. The van der Waals surface area contributed by atoms with Gasteiger partial charge in [0, 0.05) is 19.3 Å². The minimum atomic E-state index is -0.785. The fourth-order valence-electron chi connectivity index (χ4n) is 9.43. The van der Waals surface area contributed by atoms with Crippen molar-refractivity contribution in [2.75, 3.05) is 13.2 Å². The van der Waals surface area contributed by atoms with Crippen molar-refractivity contribution >= 4 is 17.9 Å². The number of carbonyl (C=O) groups is 3. The fraction of sp³-hybridized carbons (Fsp3) is 0.736. The summed E-state index contributed by atoms with van der Waals surface area (Å²) in [6, 6.07) is 0. The molecule has 0 aromatic heterocycles. The van der Waals surface area contributed by atoms with E-state index in [2.05, 4.69) is 118 Å². The summed E-state index contributed by atoms with van der Waals surface area (Å²) in [6.45, 7) is 6.44. The van der Waals surface area contributed by atoms with Crippen molar-refractivity contribution < 1.29 is 28.6 Å². The molecule has 0 spiro atoms. The Balaban J connectivity index is 4.30. The van der Waals surface area contributed by atoms with E-state index in [0.29, 0.717) is 19.3 Å². The summed E-state index contributed by atoms with van der Waals surface area (Å²) < 4.78 is 17.0. The first-order valence-corrected chi connectivity index (χ1v) is 33.2. The smallest absolute Gasteiger partial charge is 0.306 e. The predicted molar refractivity (Wildman–Crippen MR) is 339 cm³/mol. The van der Waals surface area contributed by atoms with Crippen molar-refractivity contribution in [1.82, 2.24) is 0 Å². The molecular formula is C72H124O6. The number of hydrogen-bond donors (Lipinski definition) is 0. The highest BCUT2D eigenvalue weighted by molar-refractivity contribution is 5.71. The highest BCUT2D eigenvalue weighted by atomic mass is 16.6. The van der Waals surface area contributed by atoms with Crippen molar-refractivity contribution in [2.24, 2.45) is 0 Å². The molecule has 0 aliphatic rings. The summed E-state index contributed by atoms with van der Waals surface area (Å²) in [5, 5.41) is 0. The minimum Gasteiger partial charge on any atom is -0.462 e. The first-order valence-electron chi connectivity index (χ1n) is 33.2. The van der Waals surface area contributed by atoms with Crippen molar-refractivity contribution in [1.29, 1.82) is 0 Å². The van der Waals surface area contributed by atoms with Crippen LogP contribution in [-0.4, -0.2) is 37.2 Å². The average molecular weight is 1090 g/mol. The van der Waals surface area contributed by atoms with Crippen LogP contribution in [0.15, 0.2) is 97.2 Å². The molecule has 0 aliphatic carbocycles.